The minimum absolute atomic E-state index is 0.0502. The lowest BCUT2D eigenvalue weighted by atomic mass is 10.0. The molecular formula is C13H23N3. The third kappa shape index (κ3) is 2.74. The van der Waals surface area contributed by atoms with E-state index in [2.05, 4.69) is 43.9 Å². The van der Waals surface area contributed by atoms with E-state index in [1.165, 1.54) is 11.3 Å². The van der Waals surface area contributed by atoms with Crippen molar-refractivity contribution in [3.05, 3.63) is 29.3 Å². The van der Waals surface area contributed by atoms with Crippen LogP contribution in [0.1, 0.15) is 31.0 Å². The maximum absolute atomic E-state index is 5.95. The van der Waals surface area contributed by atoms with Crippen molar-refractivity contribution in [2.45, 2.75) is 26.8 Å². The molecule has 4 N–H and O–H groups in total. The van der Waals surface area contributed by atoms with Gasteiger partial charge in [-0.1, -0.05) is 6.07 Å². The van der Waals surface area contributed by atoms with Gasteiger partial charge in [0.2, 0.25) is 0 Å². The highest BCUT2D eigenvalue weighted by Crippen LogP contribution is 2.22. The zero-order valence-corrected chi connectivity index (χ0v) is 10.5. The zero-order chi connectivity index (χ0) is 12.1. The minimum atomic E-state index is -0.0502. The molecule has 1 aromatic carbocycles. The van der Waals surface area contributed by atoms with Crippen LogP contribution in [0.4, 0.5) is 5.69 Å². The second-order valence-corrected chi connectivity index (χ2v) is 4.06. The Bertz CT molecular complexity index is 332. The van der Waals surface area contributed by atoms with E-state index in [-0.39, 0.29) is 6.04 Å². The van der Waals surface area contributed by atoms with Gasteiger partial charge >= 0.3 is 0 Å². The molecule has 0 saturated heterocycles. The average Bonchev–Trinajstić information content (AvgIpc) is 2.30. The molecule has 90 valence electrons. The third-order valence-electron chi connectivity index (χ3n) is 3.04. The van der Waals surface area contributed by atoms with Gasteiger partial charge in [0.1, 0.15) is 0 Å². The van der Waals surface area contributed by atoms with Crippen LogP contribution >= 0.6 is 0 Å². The molecule has 1 unspecified atom stereocenters. The number of nitrogens with two attached hydrogens (primary N) is 2. The highest BCUT2D eigenvalue weighted by atomic mass is 15.1. The number of hydrogen-bond donors (Lipinski definition) is 2. The SMILES string of the molecule is CCN(CC)c1ccc(C(N)CN)c(C)c1. The van der Waals surface area contributed by atoms with Crippen molar-refractivity contribution in [1.82, 2.24) is 0 Å². The van der Waals surface area contributed by atoms with Crippen molar-refractivity contribution < 1.29 is 0 Å². The summed E-state index contributed by atoms with van der Waals surface area (Å²) in [6.07, 6.45) is 0. The van der Waals surface area contributed by atoms with E-state index in [0.717, 1.165) is 18.7 Å². The quantitative estimate of drug-likeness (QED) is 0.797. The Morgan fingerprint density at radius 1 is 1.25 bits per heavy atom. The van der Waals surface area contributed by atoms with E-state index in [1.807, 2.05) is 0 Å². The van der Waals surface area contributed by atoms with Crippen LogP contribution in [0.25, 0.3) is 0 Å². The first-order valence-corrected chi connectivity index (χ1v) is 5.95. The molecule has 1 aromatic rings. The van der Waals surface area contributed by atoms with Crippen LogP contribution in [-0.2, 0) is 0 Å². The topological polar surface area (TPSA) is 55.3 Å². The molecule has 0 aliphatic rings. The van der Waals surface area contributed by atoms with Gasteiger partial charge in [0.25, 0.3) is 0 Å². The second-order valence-electron chi connectivity index (χ2n) is 4.06. The molecule has 0 amide bonds. The van der Waals surface area contributed by atoms with Crippen LogP contribution in [-0.4, -0.2) is 19.6 Å². The molecule has 1 atom stereocenters. The van der Waals surface area contributed by atoms with Gasteiger partial charge in [-0.25, -0.2) is 0 Å². The van der Waals surface area contributed by atoms with Crippen LogP contribution in [0.5, 0.6) is 0 Å². The summed E-state index contributed by atoms with van der Waals surface area (Å²) in [4.78, 5) is 2.32. The van der Waals surface area contributed by atoms with E-state index in [1.54, 1.807) is 0 Å². The maximum Gasteiger partial charge on any atom is 0.0422 e. The Morgan fingerprint density at radius 3 is 2.31 bits per heavy atom. The second kappa shape index (κ2) is 5.87. The molecule has 16 heavy (non-hydrogen) atoms. The first-order chi connectivity index (χ1) is 7.63. The summed E-state index contributed by atoms with van der Waals surface area (Å²) in [5.41, 5.74) is 15.2. The molecular weight excluding hydrogens is 198 g/mol. The molecule has 0 fully saturated rings. The molecule has 0 aromatic heterocycles. The highest BCUT2D eigenvalue weighted by Gasteiger charge is 2.09. The summed E-state index contributed by atoms with van der Waals surface area (Å²) in [5, 5.41) is 0. The number of nitrogens with zero attached hydrogens (tertiary/aromatic N) is 1. The fourth-order valence-corrected chi connectivity index (χ4v) is 1.99. The van der Waals surface area contributed by atoms with Crippen molar-refractivity contribution in [2.24, 2.45) is 11.5 Å². The van der Waals surface area contributed by atoms with Gasteiger partial charge in [0.15, 0.2) is 0 Å². The van der Waals surface area contributed by atoms with E-state index < -0.39 is 0 Å². The van der Waals surface area contributed by atoms with Gasteiger partial charge in [-0.3, -0.25) is 0 Å². The molecule has 0 spiro atoms. The van der Waals surface area contributed by atoms with Gasteiger partial charge in [-0.05, 0) is 44.0 Å². The summed E-state index contributed by atoms with van der Waals surface area (Å²) in [6, 6.07) is 6.37. The minimum Gasteiger partial charge on any atom is -0.372 e. The Hall–Kier alpha value is -1.06. The lowest BCUT2D eigenvalue weighted by Crippen LogP contribution is -2.24. The molecule has 0 heterocycles. The van der Waals surface area contributed by atoms with E-state index in [0.29, 0.717) is 6.54 Å². The van der Waals surface area contributed by atoms with Gasteiger partial charge in [-0.2, -0.15) is 0 Å². The summed E-state index contributed by atoms with van der Waals surface area (Å²) in [6.45, 7) is 8.97. The molecule has 0 aliphatic heterocycles. The van der Waals surface area contributed by atoms with Crippen LogP contribution in [0.2, 0.25) is 0 Å². The van der Waals surface area contributed by atoms with Gasteiger partial charge < -0.3 is 16.4 Å². The molecule has 0 saturated carbocycles. The monoisotopic (exact) mass is 221 g/mol. The smallest absolute Gasteiger partial charge is 0.0422 e. The Balaban J connectivity index is 2.98. The van der Waals surface area contributed by atoms with Crippen molar-refractivity contribution in [1.29, 1.82) is 0 Å². The third-order valence-corrected chi connectivity index (χ3v) is 3.04. The number of rotatable bonds is 5. The highest BCUT2D eigenvalue weighted by molar-refractivity contribution is 5.51. The summed E-state index contributed by atoms with van der Waals surface area (Å²) in [7, 11) is 0. The number of hydrogen-bond acceptors (Lipinski definition) is 3. The van der Waals surface area contributed by atoms with Gasteiger partial charge in [0, 0.05) is 31.4 Å². The van der Waals surface area contributed by atoms with Crippen LogP contribution in [0, 0.1) is 6.92 Å². The fourth-order valence-electron chi connectivity index (χ4n) is 1.99. The van der Waals surface area contributed by atoms with Crippen molar-refractivity contribution >= 4 is 5.69 Å². The van der Waals surface area contributed by atoms with E-state index >= 15 is 0 Å². The van der Waals surface area contributed by atoms with Crippen LogP contribution in [0.15, 0.2) is 18.2 Å². The summed E-state index contributed by atoms with van der Waals surface area (Å²) < 4.78 is 0. The molecule has 0 bridgehead atoms. The van der Waals surface area contributed by atoms with E-state index in [4.69, 9.17) is 11.5 Å². The molecule has 3 nitrogen and oxygen atoms in total. The molecule has 0 aliphatic carbocycles. The lowest BCUT2D eigenvalue weighted by Gasteiger charge is -2.23. The Labute approximate surface area is 98.4 Å². The average molecular weight is 221 g/mol. The molecule has 0 radical (unpaired) electrons. The van der Waals surface area contributed by atoms with Crippen molar-refractivity contribution in [3.8, 4) is 0 Å². The summed E-state index contributed by atoms with van der Waals surface area (Å²) in [5.74, 6) is 0. The van der Waals surface area contributed by atoms with Gasteiger partial charge in [-0.15, -0.1) is 0 Å². The lowest BCUT2D eigenvalue weighted by molar-refractivity contribution is 0.731. The number of benzene rings is 1. The number of aryl methyl sites for hydroxylation is 1. The van der Waals surface area contributed by atoms with Gasteiger partial charge in [0.05, 0.1) is 0 Å². The Kier molecular flexibility index (Phi) is 4.77. The standard InChI is InChI=1S/C13H23N3/c1-4-16(5-2)11-6-7-12(10(3)8-11)13(15)9-14/h6-8,13H,4-5,9,14-15H2,1-3H3. The van der Waals surface area contributed by atoms with Crippen molar-refractivity contribution in [3.63, 3.8) is 0 Å². The molecule has 3 heteroatoms. The number of anilines is 1. The first-order valence-electron chi connectivity index (χ1n) is 5.95. The Morgan fingerprint density at radius 2 is 1.88 bits per heavy atom. The fraction of sp³-hybridized carbons (Fsp3) is 0.538. The summed E-state index contributed by atoms with van der Waals surface area (Å²) >= 11 is 0. The molecule has 1 rings (SSSR count). The van der Waals surface area contributed by atoms with E-state index in [9.17, 15) is 0 Å². The normalized spacial score (nSPS) is 12.6. The van der Waals surface area contributed by atoms with Crippen molar-refractivity contribution in [2.75, 3.05) is 24.5 Å². The van der Waals surface area contributed by atoms with Crippen LogP contribution in [0.3, 0.4) is 0 Å². The largest absolute Gasteiger partial charge is 0.372 e. The maximum atomic E-state index is 5.95. The predicted molar refractivity (Wildman–Crippen MR) is 70.7 cm³/mol. The first kappa shape index (κ1) is 13.0. The van der Waals surface area contributed by atoms with Crippen LogP contribution < -0.4 is 16.4 Å². The zero-order valence-electron chi connectivity index (χ0n) is 10.5. The predicted octanol–water partition coefficient (Wildman–Crippen LogP) is 1.80.